The molecule has 1 aromatic carbocycles. The van der Waals surface area contributed by atoms with Crippen LogP contribution < -0.4 is 11.5 Å². The molecule has 0 saturated carbocycles. The van der Waals surface area contributed by atoms with E-state index in [1.807, 2.05) is 0 Å². The fourth-order valence-corrected chi connectivity index (χ4v) is 2.45. The summed E-state index contributed by atoms with van der Waals surface area (Å²) in [6.07, 6.45) is 5.41. The topological polar surface area (TPSA) is 57.0 Å². The molecule has 2 aromatic rings. The molecule has 3 nitrogen and oxygen atoms in total. The lowest BCUT2D eigenvalue weighted by Crippen LogP contribution is -2.08. The van der Waals surface area contributed by atoms with Gasteiger partial charge in [-0.1, -0.05) is 13.0 Å². The molecule has 0 aliphatic rings. The standard InChI is InChI=1S/C15H23N3/c1-2-12-5-6-15-14(10-12)13(4-3-7-16)11-18(15)9-8-17/h5-6,10-11H,2-4,7-9,16-17H2,1H3. The number of benzene rings is 1. The molecule has 0 amide bonds. The van der Waals surface area contributed by atoms with Crippen molar-refractivity contribution in [2.24, 2.45) is 11.5 Å². The van der Waals surface area contributed by atoms with Crippen molar-refractivity contribution in [3.8, 4) is 0 Å². The molecule has 0 unspecified atom stereocenters. The molecule has 2 rings (SSSR count). The van der Waals surface area contributed by atoms with Crippen molar-refractivity contribution in [1.29, 1.82) is 0 Å². The maximum absolute atomic E-state index is 5.68. The van der Waals surface area contributed by atoms with Crippen molar-refractivity contribution < 1.29 is 0 Å². The van der Waals surface area contributed by atoms with Gasteiger partial charge < -0.3 is 16.0 Å². The van der Waals surface area contributed by atoms with Gasteiger partial charge >= 0.3 is 0 Å². The van der Waals surface area contributed by atoms with Gasteiger partial charge in [-0.05, 0) is 49.1 Å². The summed E-state index contributed by atoms with van der Waals surface area (Å²) in [6, 6.07) is 6.74. The lowest BCUT2D eigenvalue weighted by molar-refractivity contribution is 0.729. The second-order valence-corrected chi connectivity index (χ2v) is 4.73. The molecular formula is C15H23N3. The molecule has 0 radical (unpaired) electrons. The minimum Gasteiger partial charge on any atom is -0.346 e. The van der Waals surface area contributed by atoms with E-state index in [0.717, 1.165) is 32.4 Å². The summed E-state index contributed by atoms with van der Waals surface area (Å²) in [4.78, 5) is 0. The molecule has 4 N–H and O–H groups in total. The van der Waals surface area contributed by atoms with Crippen LogP contribution in [0.5, 0.6) is 0 Å². The minimum atomic E-state index is 0.676. The highest BCUT2D eigenvalue weighted by Crippen LogP contribution is 2.24. The highest BCUT2D eigenvalue weighted by Gasteiger charge is 2.08. The molecule has 3 heteroatoms. The van der Waals surface area contributed by atoms with Crippen LogP contribution in [0.4, 0.5) is 0 Å². The van der Waals surface area contributed by atoms with Gasteiger partial charge in [0.25, 0.3) is 0 Å². The summed E-state index contributed by atoms with van der Waals surface area (Å²) >= 11 is 0. The Morgan fingerprint density at radius 1 is 1.17 bits per heavy atom. The first-order chi connectivity index (χ1) is 8.80. The number of hydrogen-bond acceptors (Lipinski definition) is 2. The fraction of sp³-hybridized carbons (Fsp3) is 0.467. The van der Waals surface area contributed by atoms with Crippen molar-refractivity contribution in [2.45, 2.75) is 32.7 Å². The number of fused-ring (bicyclic) bond motifs is 1. The Kier molecular flexibility index (Phi) is 4.39. The van der Waals surface area contributed by atoms with E-state index >= 15 is 0 Å². The SMILES string of the molecule is CCc1ccc2c(c1)c(CCCN)cn2CCN. The van der Waals surface area contributed by atoms with Gasteiger partial charge in [-0.2, -0.15) is 0 Å². The average Bonchev–Trinajstić information content (AvgIpc) is 2.74. The van der Waals surface area contributed by atoms with Gasteiger partial charge in [0, 0.05) is 30.2 Å². The molecule has 1 aromatic heterocycles. The van der Waals surface area contributed by atoms with Gasteiger partial charge in [-0.3, -0.25) is 0 Å². The smallest absolute Gasteiger partial charge is 0.0483 e. The molecule has 0 spiro atoms. The van der Waals surface area contributed by atoms with E-state index in [0.29, 0.717) is 6.54 Å². The fourth-order valence-electron chi connectivity index (χ4n) is 2.45. The minimum absolute atomic E-state index is 0.676. The third-order valence-corrected chi connectivity index (χ3v) is 3.46. The van der Waals surface area contributed by atoms with E-state index in [-0.39, 0.29) is 0 Å². The third-order valence-electron chi connectivity index (χ3n) is 3.46. The van der Waals surface area contributed by atoms with E-state index in [1.54, 1.807) is 0 Å². The molecule has 98 valence electrons. The summed E-state index contributed by atoms with van der Waals surface area (Å²) in [5.74, 6) is 0. The maximum Gasteiger partial charge on any atom is 0.0483 e. The summed E-state index contributed by atoms with van der Waals surface area (Å²) < 4.78 is 2.26. The quantitative estimate of drug-likeness (QED) is 0.818. The Labute approximate surface area is 109 Å². The summed E-state index contributed by atoms with van der Waals surface area (Å²) in [6.45, 7) is 4.49. The Balaban J connectivity index is 2.46. The van der Waals surface area contributed by atoms with E-state index in [1.165, 1.54) is 22.0 Å². The van der Waals surface area contributed by atoms with Crippen molar-refractivity contribution in [3.05, 3.63) is 35.5 Å². The molecule has 0 fully saturated rings. The number of hydrogen-bond donors (Lipinski definition) is 2. The van der Waals surface area contributed by atoms with Gasteiger partial charge in [0.2, 0.25) is 0 Å². The predicted molar refractivity (Wildman–Crippen MR) is 77.7 cm³/mol. The Morgan fingerprint density at radius 2 is 2.00 bits per heavy atom. The van der Waals surface area contributed by atoms with Crippen molar-refractivity contribution in [2.75, 3.05) is 13.1 Å². The zero-order valence-corrected chi connectivity index (χ0v) is 11.2. The second-order valence-electron chi connectivity index (χ2n) is 4.73. The zero-order chi connectivity index (χ0) is 13.0. The van der Waals surface area contributed by atoms with Crippen LogP contribution in [0.1, 0.15) is 24.5 Å². The van der Waals surface area contributed by atoms with Crippen LogP contribution in [0.15, 0.2) is 24.4 Å². The highest BCUT2D eigenvalue weighted by atomic mass is 15.0. The lowest BCUT2D eigenvalue weighted by atomic mass is 10.0. The van der Waals surface area contributed by atoms with Crippen LogP contribution in [0.25, 0.3) is 10.9 Å². The molecule has 1 heterocycles. The summed E-state index contributed by atoms with van der Waals surface area (Å²) in [5.41, 5.74) is 15.4. The first kappa shape index (κ1) is 13.1. The van der Waals surface area contributed by atoms with Crippen molar-refractivity contribution >= 4 is 10.9 Å². The van der Waals surface area contributed by atoms with Gasteiger partial charge in [0.1, 0.15) is 0 Å². The van der Waals surface area contributed by atoms with E-state index in [2.05, 4.69) is 35.9 Å². The molecule has 0 aliphatic heterocycles. The van der Waals surface area contributed by atoms with Crippen LogP contribution in [0.2, 0.25) is 0 Å². The number of rotatable bonds is 6. The molecule has 0 saturated heterocycles. The maximum atomic E-state index is 5.68. The van der Waals surface area contributed by atoms with Crippen LogP contribution in [-0.2, 0) is 19.4 Å². The first-order valence-corrected chi connectivity index (χ1v) is 6.81. The van der Waals surface area contributed by atoms with Crippen LogP contribution in [-0.4, -0.2) is 17.7 Å². The van der Waals surface area contributed by atoms with Crippen LogP contribution in [0.3, 0.4) is 0 Å². The molecule has 18 heavy (non-hydrogen) atoms. The lowest BCUT2D eigenvalue weighted by Gasteiger charge is -2.03. The highest BCUT2D eigenvalue weighted by molar-refractivity contribution is 5.84. The number of nitrogens with zero attached hydrogens (tertiary/aromatic N) is 1. The average molecular weight is 245 g/mol. The number of aromatic nitrogens is 1. The van der Waals surface area contributed by atoms with Gasteiger partial charge in [0.15, 0.2) is 0 Å². The monoisotopic (exact) mass is 245 g/mol. The normalized spacial score (nSPS) is 11.3. The van der Waals surface area contributed by atoms with Crippen LogP contribution >= 0.6 is 0 Å². The molecule has 0 bridgehead atoms. The Hall–Kier alpha value is -1.32. The Bertz CT molecular complexity index is 514. The van der Waals surface area contributed by atoms with Crippen molar-refractivity contribution in [3.63, 3.8) is 0 Å². The summed E-state index contributed by atoms with van der Waals surface area (Å²) in [7, 11) is 0. The van der Waals surface area contributed by atoms with E-state index < -0.39 is 0 Å². The first-order valence-electron chi connectivity index (χ1n) is 6.81. The van der Waals surface area contributed by atoms with Crippen LogP contribution in [0, 0.1) is 0 Å². The van der Waals surface area contributed by atoms with Gasteiger partial charge in [-0.25, -0.2) is 0 Å². The largest absolute Gasteiger partial charge is 0.346 e. The second kappa shape index (κ2) is 6.03. The van der Waals surface area contributed by atoms with Gasteiger partial charge in [-0.15, -0.1) is 0 Å². The summed E-state index contributed by atoms with van der Waals surface area (Å²) in [5, 5.41) is 1.37. The molecular weight excluding hydrogens is 222 g/mol. The number of nitrogens with two attached hydrogens (primary N) is 2. The third kappa shape index (κ3) is 2.57. The number of aryl methyl sites for hydroxylation is 2. The van der Waals surface area contributed by atoms with E-state index in [4.69, 9.17) is 11.5 Å². The van der Waals surface area contributed by atoms with E-state index in [9.17, 15) is 0 Å². The molecule has 0 aliphatic carbocycles. The van der Waals surface area contributed by atoms with Crippen molar-refractivity contribution in [1.82, 2.24) is 4.57 Å². The predicted octanol–water partition coefficient (Wildman–Crippen LogP) is 2.05. The molecule has 0 atom stereocenters. The zero-order valence-electron chi connectivity index (χ0n) is 11.2. The Morgan fingerprint density at radius 3 is 2.67 bits per heavy atom. The van der Waals surface area contributed by atoms with Gasteiger partial charge in [0.05, 0.1) is 0 Å².